The van der Waals surface area contributed by atoms with Gasteiger partial charge >= 0.3 is 12.2 Å². The third-order valence-corrected chi connectivity index (χ3v) is 3.99. The van der Waals surface area contributed by atoms with Crippen molar-refractivity contribution in [3.8, 4) is 0 Å². The lowest BCUT2D eigenvalue weighted by Gasteiger charge is -2.28. The molecule has 0 heterocycles. The number of nitrogens with one attached hydrogen (secondary N) is 2. The fourth-order valence-corrected chi connectivity index (χ4v) is 2.52. The molecular weight excluding hydrogens is 372 g/mol. The van der Waals surface area contributed by atoms with E-state index in [1.807, 2.05) is 67.6 Å². The Morgan fingerprint density at radius 2 is 1.52 bits per heavy atom. The number of guanidine groups is 1. The van der Waals surface area contributed by atoms with Crippen LogP contribution in [0.15, 0.2) is 60.7 Å². The largest absolute Gasteiger partial charge is 0.444 e. The van der Waals surface area contributed by atoms with Gasteiger partial charge in [-0.05, 0) is 17.5 Å². The highest BCUT2D eigenvalue weighted by Crippen LogP contribution is 2.08. The molecule has 0 aliphatic carbocycles. The van der Waals surface area contributed by atoms with Crippen LogP contribution in [0, 0.1) is 5.41 Å². The first-order chi connectivity index (χ1) is 14.0. The summed E-state index contributed by atoms with van der Waals surface area (Å²) in [7, 11) is 0. The Kier molecular flexibility index (Phi) is 8.65. The van der Waals surface area contributed by atoms with E-state index in [2.05, 4.69) is 5.32 Å². The van der Waals surface area contributed by atoms with Gasteiger partial charge in [0.15, 0.2) is 0 Å². The van der Waals surface area contributed by atoms with Gasteiger partial charge in [0.25, 0.3) is 0 Å². The second kappa shape index (κ2) is 11.5. The molecule has 1 atom stereocenters. The van der Waals surface area contributed by atoms with E-state index in [9.17, 15) is 9.59 Å². The van der Waals surface area contributed by atoms with Gasteiger partial charge < -0.3 is 15.2 Å². The molecule has 2 aromatic rings. The number of hydrogen-bond acceptors (Lipinski definition) is 6. The number of alkyl carbamates (subject to hydrolysis) is 1. The molecule has 2 aromatic carbocycles. The van der Waals surface area contributed by atoms with Crippen LogP contribution in [0.25, 0.3) is 0 Å². The molecule has 0 spiro atoms. The highest BCUT2D eigenvalue weighted by Gasteiger charge is 2.27. The average molecular weight is 398 g/mol. The summed E-state index contributed by atoms with van der Waals surface area (Å²) in [6, 6.07) is 18.3. The molecule has 0 saturated carbocycles. The molecule has 4 N–H and O–H groups in total. The van der Waals surface area contributed by atoms with Crippen LogP contribution < -0.4 is 11.1 Å². The van der Waals surface area contributed by atoms with E-state index >= 15 is 0 Å². The third kappa shape index (κ3) is 7.27. The van der Waals surface area contributed by atoms with Crippen LogP contribution in [0.1, 0.15) is 30.9 Å². The average Bonchev–Trinajstić information content (AvgIpc) is 2.72. The number of carbonyl (C=O) groups is 2. The molecular formula is C21H26N4O4. The summed E-state index contributed by atoms with van der Waals surface area (Å²) in [5, 5.41) is 10.4. The predicted octanol–water partition coefficient (Wildman–Crippen LogP) is 3.57. The van der Waals surface area contributed by atoms with Crippen molar-refractivity contribution >= 4 is 18.1 Å². The molecule has 154 valence electrons. The number of nitrogens with two attached hydrogens (primary N) is 1. The zero-order valence-corrected chi connectivity index (χ0v) is 16.3. The van der Waals surface area contributed by atoms with Crippen molar-refractivity contribution in [2.24, 2.45) is 5.73 Å². The molecule has 29 heavy (non-hydrogen) atoms. The molecule has 0 unspecified atom stereocenters. The van der Waals surface area contributed by atoms with E-state index < -0.39 is 24.3 Å². The van der Waals surface area contributed by atoms with Crippen molar-refractivity contribution in [2.45, 2.75) is 39.1 Å². The van der Waals surface area contributed by atoms with Gasteiger partial charge in [0.2, 0.25) is 5.96 Å². The minimum Gasteiger partial charge on any atom is -0.444 e. The summed E-state index contributed by atoms with van der Waals surface area (Å²) < 4.78 is 10.4. The van der Waals surface area contributed by atoms with Crippen molar-refractivity contribution in [1.82, 2.24) is 10.2 Å². The van der Waals surface area contributed by atoms with Crippen molar-refractivity contribution in [1.29, 1.82) is 5.41 Å². The maximum atomic E-state index is 12.5. The fraction of sp³-hybridized carbons (Fsp3) is 0.286. The maximum absolute atomic E-state index is 12.5. The number of nitrogens with zero attached hydrogens (tertiary/aromatic N) is 1. The number of ether oxygens (including phenoxy) is 2. The first-order valence-corrected chi connectivity index (χ1v) is 9.33. The van der Waals surface area contributed by atoms with Crippen LogP contribution in [0.4, 0.5) is 9.59 Å². The molecule has 0 aliphatic heterocycles. The SMILES string of the molecule is CCC[C@@H](N)N(C(=N)NC(=O)OCc1ccccc1)C(=O)OCc1ccccc1. The van der Waals surface area contributed by atoms with Crippen LogP contribution in [-0.4, -0.2) is 29.2 Å². The first-order valence-electron chi connectivity index (χ1n) is 9.33. The van der Waals surface area contributed by atoms with Crippen LogP contribution in [0.3, 0.4) is 0 Å². The highest BCUT2D eigenvalue weighted by molar-refractivity contribution is 5.99. The summed E-state index contributed by atoms with van der Waals surface area (Å²) in [5.74, 6) is -0.498. The standard InChI is InChI=1S/C21H26N4O4/c1-2-9-18(22)25(21(27)29-15-17-12-7-4-8-13-17)19(23)24-20(26)28-14-16-10-5-3-6-11-16/h3-8,10-13,18H,2,9,14-15,22H2,1H3,(H2,23,24,26)/t18-/m0/s1. The smallest absolute Gasteiger partial charge is 0.418 e. The van der Waals surface area contributed by atoms with Gasteiger partial charge in [-0.15, -0.1) is 0 Å². The van der Waals surface area contributed by atoms with E-state index in [-0.39, 0.29) is 13.2 Å². The Labute approximate surface area is 170 Å². The number of amides is 2. The Balaban J connectivity index is 1.95. The van der Waals surface area contributed by atoms with E-state index in [0.717, 1.165) is 16.0 Å². The summed E-state index contributed by atoms with van der Waals surface area (Å²) >= 11 is 0. The van der Waals surface area contributed by atoms with Crippen LogP contribution in [-0.2, 0) is 22.7 Å². The molecule has 0 radical (unpaired) electrons. The summed E-state index contributed by atoms with van der Waals surface area (Å²) in [5.41, 5.74) is 7.63. The van der Waals surface area contributed by atoms with Crippen molar-refractivity contribution in [3.63, 3.8) is 0 Å². The molecule has 0 aliphatic rings. The van der Waals surface area contributed by atoms with Gasteiger partial charge in [0.05, 0.1) is 6.17 Å². The molecule has 0 aromatic heterocycles. The maximum Gasteiger partial charge on any atom is 0.418 e. The molecule has 0 saturated heterocycles. The van der Waals surface area contributed by atoms with Gasteiger partial charge in [-0.1, -0.05) is 74.0 Å². The minimum absolute atomic E-state index is 0.0285. The quantitative estimate of drug-likeness (QED) is 0.374. The van der Waals surface area contributed by atoms with Gasteiger partial charge in [-0.2, -0.15) is 0 Å². The molecule has 2 rings (SSSR count). The third-order valence-electron chi connectivity index (χ3n) is 3.99. The second-order valence-electron chi connectivity index (χ2n) is 6.30. The summed E-state index contributed by atoms with van der Waals surface area (Å²) in [6.45, 7) is 1.97. The molecule has 0 fully saturated rings. The van der Waals surface area contributed by atoms with Gasteiger partial charge in [0, 0.05) is 0 Å². The fourth-order valence-electron chi connectivity index (χ4n) is 2.52. The zero-order chi connectivity index (χ0) is 21.1. The topological polar surface area (TPSA) is 118 Å². The molecule has 8 heteroatoms. The molecule has 8 nitrogen and oxygen atoms in total. The Morgan fingerprint density at radius 1 is 1.00 bits per heavy atom. The van der Waals surface area contributed by atoms with Crippen molar-refractivity contribution in [2.75, 3.05) is 0 Å². The van der Waals surface area contributed by atoms with Crippen LogP contribution >= 0.6 is 0 Å². The number of rotatable bonds is 7. The van der Waals surface area contributed by atoms with Crippen LogP contribution in [0.2, 0.25) is 0 Å². The number of hydrogen-bond donors (Lipinski definition) is 3. The van der Waals surface area contributed by atoms with Gasteiger partial charge in [0.1, 0.15) is 13.2 Å². The second-order valence-corrected chi connectivity index (χ2v) is 6.30. The lowest BCUT2D eigenvalue weighted by molar-refractivity contribution is 0.102. The number of carbonyl (C=O) groups excluding carboxylic acids is 2. The van der Waals surface area contributed by atoms with Gasteiger partial charge in [-0.3, -0.25) is 10.7 Å². The van der Waals surface area contributed by atoms with E-state index in [1.54, 1.807) is 0 Å². The summed E-state index contributed by atoms with van der Waals surface area (Å²) in [6.07, 6.45) is -1.37. The predicted molar refractivity (Wildman–Crippen MR) is 109 cm³/mol. The van der Waals surface area contributed by atoms with Crippen molar-refractivity contribution < 1.29 is 19.1 Å². The Morgan fingerprint density at radius 3 is 2.03 bits per heavy atom. The Bertz CT molecular complexity index is 799. The highest BCUT2D eigenvalue weighted by atomic mass is 16.6. The molecule has 2 amide bonds. The monoisotopic (exact) mass is 398 g/mol. The molecule has 0 bridgehead atoms. The van der Waals surface area contributed by atoms with E-state index in [0.29, 0.717) is 12.8 Å². The number of benzene rings is 2. The normalized spacial score (nSPS) is 11.2. The zero-order valence-electron chi connectivity index (χ0n) is 16.3. The minimum atomic E-state index is -0.858. The van der Waals surface area contributed by atoms with Gasteiger partial charge in [-0.25, -0.2) is 14.5 Å². The van der Waals surface area contributed by atoms with E-state index in [1.165, 1.54) is 0 Å². The van der Waals surface area contributed by atoms with Crippen LogP contribution in [0.5, 0.6) is 0 Å². The van der Waals surface area contributed by atoms with E-state index in [4.69, 9.17) is 20.6 Å². The lowest BCUT2D eigenvalue weighted by atomic mass is 10.2. The lowest BCUT2D eigenvalue weighted by Crippen LogP contribution is -2.55. The van der Waals surface area contributed by atoms with Crippen molar-refractivity contribution in [3.05, 3.63) is 71.8 Å². The first kappa shape index (κ1) is 21.9. The summed E-state index contributed by atoms with van der Waals surface area (Å²) in [4.78, 5) is 25.5. The Hall–Kier alpha value is -3.39.